The molecule has 1 aliphatic rings. The van der Waals surface area contributed by atoms with E-state index in [1.807, 2.05) is 56.1 Å². The van der Waals surface area contributed by atoms with E-state index < -0.39 is 6.17 Å². The van der Waals surface area contributed by atoms with Crippen molar-refractivity contribution in [1.29, 1.82) is 5.26 Å². The fraction of sp³-hybridized carbons (Fsp3) is 0.261. The summed E-state index contributed by atoms with van der Waals surface area (Å²) >= 11 is 5.92. The van der Waals surface area contributed by atoms with Crippen molar-refractivity contribution < 1.29 is 4.79 Å². The molecule has 0 saturated carbocycles. The van der Waals surface area contributed by atoms with Crippen molar-refractivity contribution in [2.45, 2.75) is 33.2 Å². The number of halogens is 1. The van der Waals surface area contributed by atoms with E-state index in [-0.39, 0.29) is 17.6 Å². The van der Waals surface area contributed by atoms with Crippen LogP contribution in [0.15, 0.2) is 60.8 Å². The molecule has 2 unspecified atom stereocenters. The molecule has 0 bridgehead atoms. The first kappa shape index (κ1) is 20.9. The monoisotopic (exact) mass is 434 g/mol. The summed E-state index contributed by atoms with van der Waals surface area (Å²) in [6, 6.07) is 16.6. The fourth-order valence-electron chi connectivity index (χ4n) is 3.34. The third kappa shape index (κ3) is 4.41. The van der Waals surface area contributed by atoms with Crippen molar-refractivity contribution in [2.24, 2.45) is 5.41 Å². The number of carbonyl (C=O) groups excluding carboxylic acids is 1. The van der Waals surface area contributed by atoms with E-state index >= 15 is 0 Å². The first-order chi connectivity index (χ1) is 14.8. The van der Waals surface area contributed by atoms with Crippen molar-refractivity contribution in [1.82, 2.24) is 20.6 Å². The Morgan fingerprint density at radius 2 is 1.90 bits per heavy atom. The number of nitrogens with zero attached hydrogens (tertiary/aromatic N) is 4. The number of nitrogens with one attached hydrogen (secondary N) is 2. The van der Waals surface area contributed by atoms with Gasteiger partial charge in [-0.1, -0.05) is 50.6 Å². The van der Waals surface area contributed by atoms with Crippen LogP contribution in [0.4, 0.5) is 5.69 Å². The van der Waals surface area contributed by atoms with Gasteiger partial charge in [-0.2, -0.15) is 10.3 Å². The lowest BCUT2D eigenvalue weighted by Gasteiger charge is -2.32. The van der Waals surface area contributed by atoms with Crippen LogP contribution in [0.25, 0.3) is 10.9 Å². The van der Waals surface area contributed by atoms with E-state index in [1.165, 1.54) is 5.01 Å². The van der Waals surface area contributed by atoms with Gasteiger partial charge in [-0.3, -0.25) is 15.1 Å². The third-order valence-electron chi connectivity index (χ3n) is 5.15. The highest BCUT2D eigenvalue weighted by Crippen LogP contribution is 2.34. The van der Waals surface area contributed by atoms with E-state index in [1.54, 1.807) is 30.5 Å². The van der Waals surface area contributed by atoms with Crippen LogP contribution in [0, 0.1) is 16.9 Å². The van der Waals surface area contributed by atoms with E-state index in [0.717, 1.165) is 16.6 Å². The molecular weight excluding hydrogens is 412 g/mol. The Labute approximate surface area is 186 Å². The Bertz CT molecular complexity index is 1150. The number of fused-ring (bicyclic) bond motifs is 1. The zero-order chi connectivity index (χ0) is 22.2. The van der Waals surface area contributed by atoms with Crippen molar-refractivity contribution >= 4 is 34.1 Å². The molecule has 2 N–H and O–H groups in total. The highest BCUT2D eigenvalue weighted by atomic mass is 35.5. The third-order valence-corrected chi connectivity index (χ3v) is 5.40. The minimum atomic E-state index is -0.394. The highest BCUT2D eigenvalue weighted by Gasteiger charge is 2.48. The second-order valence-corrected chi connectivity index (χ2v) is 8.93. The van der Waals surface area contributed by atoms with Gasteiger partial charge in [-0.15, -0.1) is 0 Å². The SMILES string of the molecule is CC(C)(C)C(NC(=O)c1ccc(Cl)cc1)NC1N(C#N)N1c1cnc2ccccc2c1. The topological polar surface area (TPSA) is 83.8 Å². The zero-order valence-corrected chi connectivity index (χ0v) is 18.3. The molecule has 1 amide bonds. The summed E-state index contributed by atoms with van der Waals surface area (Å²) in [5.74, 6) is -0.216. The van der Waals surface area contributed by atoms with Crippen molar-refractivity contribution in [3.63, 3.8) is 0 Å². The summed E-state index contributed by atoms with van der Waals surface area (Å²) in [5.41, 5.74) is 1.90. The molecule has 1 aromatic heterocycles. The standard InChI is InChI=1S/C23H23ClN6O/c1-23(2,3)21(27-20(31)15-8-10-17(24)11-9-15)28-22-29(14-25)30(22)18-12-16-6-4-5-7-19(16)26-13-18/h4-13,21-22,28H,1-3H3,(H,27,31). The Morgan fingerprint density at radius 3 is 2.58 bits per heavy atom. The summed E-state index contributed by atoms with van der Waals surface area (Å²) in [7, 11) is 0. The Kier molecular flexibility index (Phi) is 5.44. The summed E-state index contributed by atoms with van der Waals surface area (Å²) < 4.78 is 0. The quantitative estimate of drug-likeness (QED) is 0.357. The number of rotatable bonds is 5. The second kappa shape index (κ2) is 8.06. The van der Waals surface area contributed by atoms with Gasteiger partial charge in [-0.05, 0) is 41.8 Å². The number of nitriles is 1. The number of hydrazine groups is 1. The number of hydrogen-bond acceptors (Lipinski definition) is 6. The van der Waals surface area contributed by atoms with Crippen molar-refractivity contribution in [3.05, 3.63) is 71.4 Å². The maximum Gasteiger partial charge on any atom is 0.252 e. The number of anilines is 1. The highest BCUT2D eigenvalue weighted by molar-refractivity contribution is 6.30. The number of para-hydroxylation sites is 1. The van der Waals surface area contributed by atoms with Crippen LogP contribution >= 0.6 is 11.6 Å². The first-order valence-corrected chi connectivity index (χ1v) is 10.3. The number of aromatic nitrogens is 1. The smallest absolute Gasteiger partial charge is 0.252 e. The average molecular weight is 435 g/mol. The van der Waals surface area contributed by atoms with Gasteiger partial charge in [0.2, 0.25) is 12.5 Å². The molecule has 7 nitrogen and oxygen atoms in total. The Balaban J connectivity index is 1.53. The van der Waals surface area contributed by atoms with E-state index in [2.05, 4.69) is 21.8 Å². The molecule has 0 aliphatic carbocycles. The van der Waals surface area contributed by atoms with Crippen LogP contribution in [0.5, 0.6) is 0 Å². The van der Waals surface area contributed by atoms with Gasteiger partial charge in [0.05, 0.1) is 23.6 Å². The Hall–Kier alpha value is -3.34. The van der Waals surface area contributed by atoms with Gasteiger partial charge in [0.15, 0.2) is 0 Å². The molecule has 2 heterocycles. The molecule has 0 radical (unpaired) electrons. The molecule has 158 valence electrons. The molecule has 1 aliphatic heterocycles. The number of carbonyl (C=O) groups is 1. The van der Waals surface area contributed by atoms with Gasteiger partial charge < -0.3 is 5.32 Å². The largest absolute Gasteiger partial charge is 0.336 e. The van der Waals surface area contributed by atoms with Crippen LogP contribution in [0.2, 0.25) is 5.02 Å². The second-order valence-electron chi connectivity index (χ2n) is 8.50. The lowest BCUT2D eigenvalue weighted by atomic mass is 9.92. The summed E-state index contributed by atoms with van der Waals surface area (Å²) in [6.07, 6.45) is 3.14. The van der Waals surface area contributed by atoms with Gasteiger partial charge in [0.1, 0.15) is 0 Å². The molecule has 2 atom stereocenters. The molecule has 4 rings (SSSR count). The lowest BCUT2D eigenvalue weighted by molar-refractivity contribution is 0.0878. The van der Waals surface area contributed by atoms with Gasteiger partial charge in [0, 0.05) is 16.0 Å². The van der Waals surface area contributed by atoms with Gasteiger partial charge in [0.25, 0.3) is 5.91 Å². The number of amides is 1. The van der Waals surface area contributed by atoms with E-state index in [9.17, 15) is 10.1 Å². The molecular formula is C23H23ClN6O. The van der Waals surface area contributed by atoms with Crippen LogP contribution in [-0.4, -0.2) is 28.4 Å². The van der Waals surface area contributed by atoms with E-state index in [0.29, 0.717) is 10.6 Å². The molecule has 8 heteroatoms. The zero-order valence-electron chi connectivity index (χ0n) is 17.5. The number of hydrogen-bond donors (Lipinski definition) is 2. The van der Waals surface area contributed by atoms with Crippen molar-refractivity contribution in [3.8, 4) is 6.19 Å². The number of pyridine rings is 1. The summed E-state index contributed by atoms with van der Waals surface area (Å²) in [5, 5.41) is 20.9. The normalized spacial score (nSPS) is 16.7. The minimum absolute atomic E-state index is 0.216. The van der Waals surface area contributed by atoms with Crippen LogP contribution in [0.3, 0.4) is 0 Å². The first-order valence-electron chi connectivity index (χ1n) is 9.93. The summed E-state index contributed by atoms with van der Waals surface area (Å²) in [6.45, 7) is 6.06. The van der Waals surface area contributed by atoms with Crippen LogP contribution < -0.4 is 15.6 Å². The van der Waals surface area contributed by atoms with Crippen molar-refractivity contribution in [2.75, 3.05) is 5.01 Å². The predicted molar refractivity (Wildman–Crippen MR) is 121 cm³/mol. The van der Waals surface area contributed by atoms with E-state index in [4.69, 9.17) is 11.6 Å². The molecule has 3 aromatic rings. The molecule has 0 spiro atoms. The molecule has 1 fully saturated rings. The maximum atomic E-state index is 12.8. The lowest BCUT2D eigenvalue weighted by Crippen LogP contribution is -2.55. The minimum Gasteiger partial charge on any atom is -0.336 e. The average Bonchev–Trinajstić information content (AvgIpc) is 3.45. The fourth-order valence-corrected chi connectivity index (χ4v) is 3.46. The van der Waals surface area contributed by atoms with Crippen LogP contribution in [0.1, 0.15) is 31.1 Å². The predicted octanol–water partition coefficient (Wildman–Crippen LogP) is 4.08. The Morgan fingerprint density at radius 1 is 1.19 bits per heavy atom. The van der Waals surface area contributed by atoms with Crippen LogP contribution in [-0.2, 0) is 0 Å². The summed E-state index contributed by atoms with van der Waals surface area (Å²) in [4.78, 5) is 17.3. The van der Waals surface area contributed by atoms with Gasteiger partial charge >= 0.3 is 0 Å². The number of benzene rings is 2. The molecule has 1 saturated heterocycles. The maximum absolute atomic E-state index is 12.8. The van der Waals surface area contributed by atoms with Gasteiger partial charge in [-0.25, -0.2) is 5.01 Å². The molecule has 31 heavy (non-hydrogen) atoms. The molecule has 2 aromatic carbocycles.